The summed E-state index contributed by atoms with van der Waals surface area (Å²) >= 11 is 0. The fourth-order valence-corrected chi connectivity index (χ4v) is 5.17. The Morgan fingerprint density at radius 1 is 1.24 bits per heavy atom. The van der Waals surface area contributed by atoms with Crippen molar-refractivity contribution in [3.8, 4) is 11.5 Å². The summed E-state index contributed by atoms with van der Waals surface area (Å²) in [6.07, 6.45) is 0.680. The number of nitrogens with one attached hydrogen (secondary N) is 1. The first-order valence-electron chi connectivity index (χ1n) is 9.99. The van der Waals surface area contributed by atoms with Gasteiger partial charge in [0.05, 0.1) is 7.11 Å². The highest BCUT2D eigenvalue weighted by molar-refractivity contribution is 6.11. The maximum absolute atomic E-state index is 13.5. The number of nitrogens with zero attached hydrogens (tertiary/aromatic N) is 1. The van der Waals surface area contributed by atoms with Crippen molar-refractivity contribution in [2.75, 3.05) is 27.2 Å². The molecule has 2 aromatic rings. The van der Waals surface area contributed by atoms with Gasteiger partial charge in [0.15, 0.2) is 11.5 Å². The molecule has 150 valence electrons. The number of hydrogen-bond acceptors (Lipinski definition) is 5. The maximum Gasteiger partial charge on any atom is 0.234 e. The second-order valence-corrected chi connectivity index (χ2v) is 8.24. The van der Waals surface area contributed by atoms with E-state index in [1.807, 2.05) is 36.4 Å². The number of hydrogen-bond donors (Lipinski definition) is 1. The van der Waals surface area contributed by atoms with Crippen molar-refractivity contribution >= 4 is 11.7 Å². The minimum absolute atomic E-state index is 0.00231. The highest BCUT2D eigenvalue weighted by Gasteiger charge is 2.61. The average Bonchev–Trinajstić information content (AvgIpc) is 2.73. The molecule has 2 fully saturated rings. The predicted molar refractivity (Wildman–Crippen MR) is 107 cm³/mol. The third-order valence-electron chi connectivity index (χ3n) is 6.59. The normalized spacial score (nSPS) is 30.4. The number of ether oxygens (including phenoxy) is 2. The van der Waals surface area contributed by atoms with Crippen LogP contribution in [0, 0.1) is 11.8 Å². The lowest BCUT2D eigenvalue weighted by Gasteiger charge is -2.57. The molecule has 0 radical (unpaired) electrons. The molecule has 3 heterocycles. The van der Waals surface area contributed by atoms with E-state index in [1.165, 1.54) is 0 Å². The molecule has 3 aliphatic rings. The van der Waals surface area contributed by atoms with Crippen molar-refractivity contribution in [3.05, 3.63) is 59.7 Å². The largest absolute Gasteiger partial charge is 0.497 e. The van der Waals surface area contributed by atoms with E-state index in [0.717, 1.165) is 18.7 Å². The van der Waals surface area contributed by atoms with E-state index in [9.17, 15) is 9.59 Å². The van der Waals surface area contributed by atoms with Gasteiger partial charge in [-0.15, -0.1) is 0 Å². The van der Waals surface area contributed by atoms with Crippen LogP contribution < -0.4 is 14.8 Å². The summed E-state index contributed by atoms with van der Waals surface area (Å²) in [5.74, 6) is -0.0166. The molecule has 0 saturated carbocycles. The van der Waals surface area contributed by atoms with Crippen LogP contribution in [0.25, 0.3) is 0 Å². The van der Waals surface area contributed by atoms with E-state index in [4.69, 9.17) is 9.47 Å². The van der Waals surface area contributed by atoms with Crippen LogP contribution in [0.1, 0.15) is 28.3 Å². The molecule has 4 unspecified atom stereocenters. The van der Waals surface area contributed by atoms with Crippen LogP contribution in [0.4, 0.5) is 0 Å². The maximum atomic E-state index is 13.5. The zero-order chi connectivity index (χ0) is 20.2. The molecule has 5 rings (SSSR count). The van der Waals surface area contributed by atoms with E-state index in [2.05, 4.69) is 17.3 Å². The second-order valence-electron chi connectivity index (χ2n) is 8.24. The number of rotatable bonds is 3. The summed E-state index contributed by atoms with van der Waals surface area (Å²) in [5, 5.41) is 3.11. The van der Waals surface area contributed by atoms with Gasteiger partial charge in [-0.1, -0.05) is 36.4 Å². The number of amides is 1. The smallest absolute Gasteiger partial charge is 0.234 e. The minimum Gasteiger partial charge on any atom is -0.497 e. The van der Waals surface area contributed by atoms with E-state index >= 15 is 0 Å². The molecule has 6 heteroatoms. The fourth-order valence-electron chi connectivity index (χ4n) is 5.17. The SMILES string of the molecule is COc1ccc2c(c1)OC13CCN(C)CC1C2C(C(=O)c1ccccc1)C(=O)N3. The van der Waals surface area contributed by atoms with E-state index in [0.29, 0.717) is 23.5 Å². The fraction of sp³-hybridized carbons (Fsp3) is 0.391. The van der Waals surface area contributed by atoms with Crippen LogP contribution in [0.15, 0.2) is 48.5 Å². The van der Waals surface area contributed by atoms with Crippen molar-refractivity contribution in [1.29, 1.82) is 0 Å². The Labute approximate surface area is 169 Å². The molecule has 6 nitrogen and oxygen atoms in total. The van der Waals surface area contributed by atoms with E-state index in [-0.39, 0.29) is 23.5 Å². The Kier molecular flexibility index (Phi) is 4.13. The van der Waals surface area contributed by atoms with Crippen molar-refractivity contribution in [2.24, 2.45) is 11.8 Å². The van der Waals surface area contributed by atoms with Gasteiger partial charge in [-0.25, -0.2) is 0 Å². The molecular weight excluding hydrogens is 368 g/mol. The number of carbonyl (C=O) groups excluding carboxylic acids is 2. The molecule has 0 aromatic heterocycles. The third kappa shape index (κ3) is 2.74. The number of carbonyl (C=O) groups is 2. The van der Waals surface area contributed by atoms with Crippen LogP contribution in [0.2, 0.25) is 0 Å². The van der Waals surface area contributed by atoms with Crippen LogP contribution in [0.3, 0.4) is 0 Å². The molecule has 2 aromatic carbocycles. The Balaban J connectivity index is 1.66. The minimum atomic E-state index is -0.780. The number of benzene rings is 2. The summed E-state index contributed by atoms with van der Waals surface area (Å²) in [5.41, 5.74) is 0.692. The number of fused-ring (bicyclic) bond motifs is 2. The highest BCUT2D eigenvalue weighted by atomic mass is 16.5. The topological polar surface area (TPSA) is 67.9 Å². The molecule has 2 saturated heterocycles. The van der Waals surface area contributed by atoms with Gasteiger partial charge in [-0.3, -0.25) is 9.59 Å². The Hall–Kier alpha value is -2.86. The lowest BCUT2D eigenvalue weighted by Crippen LogP contribution is -2.72. The monoisotopic (exact) mass is 392 g/mol. The van der Waals surface area contributed by atoms with Gasteiger partial charge in [0.25, 0.3) is 0 Å². The third-order valence-corrected chi connectivity index (χ3v) is 6.59. The van der Waals surface area contributed by atoms with E-state index < -0.39 is 11.6 Å². The molecule has 1 amide bonds. The first-order valence-corrected chi connectivity index (χ1v) is 9.99. The van der Waals surface area contributed by atoms with Crippen molar-refractivity contribution < 1.29 is 19.1 Å². The zero-order valence-corrected chi connectivity index (χ0v) is 16.6. The van der Waals surface area contributed by atoms with Crippen molar-refractivity contribution in [3.63, 3.8) is 0 Å². The van der Waals surface area contributed by atoms with Gasteiger partial charge in [0.2, 0.25) is 5.91 Å². The van der Waals surface area contributed by atoms with Gasteiger partial charge in [0, 0.05) is 43.0 Å². The van der Waals surface area contributed by atoms with Crippen LogP contribution in [-0.2, 0) is 4.79 Å². The molecule has 29 heavy (non-hydrogen) atoms. The summed E-state index contributed by atoms with van der Waals surface area (Å²) in [6.45, 7) is 1.58. The van der Waals surface area contributed by atoms with E-state index in [1.54, 1.807) is 19.2 Å². The first kappa shape index (κ1) is 18.2. The van der Waals surface area contributed by atoms with Gasteiger partial charge < -0.3 is 19.7 Å². The number of Topliss-reactive ketones (excluding diaryl/α,β-unsaturated/α-hetero) is 1. The first-order chi connectivity index (χ1) is 14.0. The Morgan fingerprint density at radius 3 is 2.79 bits per heavy atom. The Morgan fingerprint density at radius 2 is 2.03 bits per heavy atom. The zero-order valence-electron chi connectivity index (χ0n) is 16.6. The molecular formula is C23H24N2O4. The van der Waals surface area contributed by atoms with Crippen LogP contribution in [0.5, 0.6) is 11.5 Å². The summed E-state index contributed by atoms with van der Waals surface area (Å²) in [4.78, 5) is 28.9. The van der Waals surface area contributed by atoms with Crippen molar-refractivity contribution in [1.82, 2.24) is 10.2 Å². The van der Waals surface area contributed by atoms with Gasteiger partial charge in [-0.05, 0) is 18.7 Å². The van der Waals surface area contributed by atoms with Crippen LogP contribution in [-0.4, -0.2) is 49.6 Å². The molecule has 4 atom stereocenters. The average molecular weight is 392 g/mol. The van der Waals surface area contributed by atoms with Crippen molar-refractivity contribution in [2.45, 2.75) is 18.1 Å². The Bertz CT molecular complexity index is 976. The second kappa shape index (κ2) is 6.59. The van der Waals surface area contributed by atoms with Gasteiger partial charge >= 0.3 is 0 Å². The molecule has 0 aliphatic carbocycles. The molecule has 3 aliphatic heterocycles. The summed E-state index contributed by atoms with van der Waals surface area (Å²) < 4.78 is 11.8. The molecule has 0 spiro atoms. The summed E-state index contributed by atoms with van der Waals surface area (Å²) in [7, 11) is 3.69. The molecule has 1 N–H and O–H groups in total. The van der Waals surface area contributed by atoms with Crippen LogP contribution >= 0.6 is 0 Å². The lowest BCUT2D eigenvalue weighted by molar-refractivity contribution is -0.157. The number of ketones is 1. The quantitative estimate of drug-likeness (QED) is 0.642. The number of piperidine rings is 2. The number of methoxy groups -OCH3 is 1. The predicted octanol–water partition coefficient (Wildman–Crippen LogP) is 2.45. The van der Waals surface area contributed by atoms with Gasteiger partial charge in [0.1, 0.15) is 17.4 Å². The highest BCUT2D eigenvalue weighted by Crippen LogP contribution is 2.54. The lowest BCUT2D eigenvalue weighted by atomic mass is 9.63. The summed E-state index contributed by atoms with van der Waals surface area (Å²) in [6, 6.07) is 14.8. The number of likely N-dealkylation sites (tertiary alicyclic amines) is 1. The van der Waals surface area contributed by atoms with Gasteiger partial charge in [-0.2, -0.15) is 0 Å². The standard InChI is InChI=1S/C23H24N2O4/c1-25-11-10-23-17(13-25)19(16-9-8-15(28-2)12-18(16)29-23)20(22(27)24-23)21(26)14-6-4-3-5-7-14/h3-9,12,17,19-20H,10-11,13H2,1-2H3,(H,24,27). The molecule has 2 bridgehead atoms.